The van der Waals surface area contributed by atoms with E-state index in [1.807, 2.05) is 54.6 Å². The monoisotopic (exact) mass is 413 g/mol. The van der Waals surface area contributed by atoms with Gasteiger partial charge in [0.2, 0.25) is 0 Å². The third kappa shape index (κ3) is 3.83. The molecule has 0 heterocycles. The molecule has 3 aromatic rings. The highest BCUT2D eigenvalue weighted by molar-refractivity contribution is 9.10. The molecule has 0 aliphatic rings. The number of halogens is 1. The fourth-order valence-corrected chi connectivity index (χ4v) is 3.44. The lowest BCUT2D eigenvalue weighted by Crippen LogP contribution is -2.26. The molecule has 0 atom stereocenters. The number of ether oxygens (including phenoxy) is 2. The molecule has 0 fully saturated rings. The van der Waals surface area contributed by atoms with Gasteiger partial charge in [0.15, 0.2) is 11.5 Å². The number of hydrogen-bond donors (Lipinski definition) is 1. The Labute approximate surface area is 161 Å². The summed E-state index contributed by atoms with van der Waals surface area (Å²) < 4.78 is 11.6. The topological polar surface area (TPSA) is 47.6 Å². The zero-order valence-electron chi connectivity index (χ0n) is 14.7. The number of rotatable bonds is 6. The molecule has 0 unspecified atom stereocenters. The molecular formula is C21H20BrNO3. The van der Waals surface area contributed by atoms with Crippen molar-refractivity contribution in [2.24, 2.45) is 0 Å². The molecule has 0 aliphatic carbocycles. The fraction of sp³-hybridized carbons (Fsp3) is 0.190. The van der Waals surface area contributed by atoms with Crippen molar-refractivity contribution in [3.05, 3.63) is 70.2 Å². The van der Waals surface area contributed by atoms with Gasteiger partial charge in [0.1, 0.15) is 0 Å². The maximum atomic E-state index is 12.6. The van der Waals surface area contributed by atoms with Gasteiger partial charge in [-0.25, -0.2) is 0 Å². The largest absolute Gasteiger partial charge is 0.493 e. The number of fused-ring (bicyclic) bond motifs is 1. The zero-order chi connectivity index (χ0) is 18.5. The third-order valence-corrected chi connectivity index (χ3v) is 5.00. The van der Waals surface area contributed by atoms with Crippen molar-refractivity contribution in [3.8, 4) is 11.5 Å². The van der Waals surface area contributed by atoms with Crippen molar-refractivity contribution in [2.45, 2.75) is 6.42 Å². The highest BCUT2D eigenvalue weighted by Gasteiger charge is 2.12. The second-order valence-corrected chi connectivity index (χ2v) is 6.69. The molecule has 0 saturated carbocycles. The van der Waals surface area contributed by atoms with Crippen molar-refractivity contribution in [1.82, 2.24) is 5.32 Å². The first-order valence-electron chi connectivity index (χ1n) is 8.30. The summed E-state index contributed by atoms with van der Waals surface area (Å²) in [6.07, 6.45) is 0.678. The van der Waals surface area contributed by atoms with Crippen LogP contribution in [0.25, 0.3) is 10.8 Å². The molecule has 3 aromatic carbocycles. The molecule has 3 rings (SSSR count). The molecule has 1 amide bonds. The molecule has 26 heavy (non-hydrogen) atoms. The Bertz CT molecular complexity index is 934. The molecule has 134 valence electrons. The first-order chi connectivity index (χ1) is 12.6. The number of methoxy groups -OCH3 is 2. The molecule has 0 spiro atoms. The number of carbonyl (C=O) groups excluding carboxylic acids is 1. The van der Waals surface area contributed by atoms with Crippen molar-refractivity contribution in [2.75, 3.05) is 20.8 Å². The van der Waals surface area contributed by atoms with Crippen LogP contribution in [0.2, 0.25) is 0 Å². The fourth-order valence-electron chi connectivity index (χ4n) is 2.92. The summed E-state index contributed by atoms with van der Waals surface area (Å²) in [5.74, 6) is 1.27. The van der Waals surface area contributed by atoms with Gasteiger partial charge < -0.3 is 14.8 Å². The molecule has 0 aliphatic heterocycles. The van der Waals surface area contributed by atoms with E-state index in [4.69, 9.17) is 9.47 Å². The first kappa shape index (κ1) is 18.3. The lowest BCUT2D eigenvalue weighted by molar-refractivity contribution is 0.0956. The normalized spacial score (nSPS) is 10.6. The molecule has 0 saturated heterocycles. The summed E-state index contributed by atoms with van der Waals surface area (Å²) >= 11 is 3.55. The Balaban J connectivity index is 1.71. The number of carbonyl (C=O) groups is 1. The maximum absolute atomic E-state index is 12.6. The Morgan fingerprint density at radius 2 is 1.69 bits per heavy atom. The smallest absolute Gasteiger partial charge is 0.251 e. The highest BCUT2D eigenvalue weighted by atomic mass is 79.9. The number of amides is 1. The van der Waals surface area contributed by atoms with Gasteiger partial charge in [-0.1, -0.05) is 52.3 Å². The lowest BCUT2D eigenvalue weighted by atomic mass is 10.0. The summed E-state index contributed by atoms with van der Waals surface area (Å²) in [7, 11) is 3.21. The van der Waals surface area contributed by atoms with Crippen LogP contribution in [0.3, 0.4) is 0 Å². The van der Waals surface area contributed by atoms with Crippen LogP contribution in [0.4, 0.5) is 0 Å². The van der Waals surface area contributed by atoms with Crippen LogP contribution in [0.15, 0.2) is 59.1 Å². The minimum Gasteiger partial charge on any atom is -0.493 e. The van der Waals surface area contributed by atoms with Gasteiger partial charge in [-0.3, -0.25) is 4.79 Å². The SMILES string of the molecule is COc1cc(Br)c(CCNC(=O)c2cccc3ccccc23)cc1OC. The zero-order valence-corrected chi connectivity index (χ0v) is 16.3. The van der Waals surface area contributed by atoms with E-state index in [0.29, 0.717) is 30.0 Å². The Morgan fingerprint density at radius 3 is 2.46 bits per heavy atom. The second-order valence-electron chi connectivity index (χ2n) is 5.83. The molecule has 1 N–H and O–H groups in total. The summed E-state index contributed by atoms with van der Waals surface area (Å²) in [6, 6.07) is 17.5. The highest BCUT2D eigenvalue weighted by Crippen LogP contribution is 2.33. The maximum Gasteiger partial charge on any atom is 0.251 e. The van der Waals surface area contributed by atoms with Crippen LogP contribution in [-0.2, 0) is 6.42 Å². The minimum absolute atomic E-state index is 0.0709. The van der Waals surface area contributed by atoms with Crippen LogP contribution < -0.4 is 14.8 Å². The Hall–Kier alpha value is -2.53. The molecule has 0 bridgehead atoms. The van der Waals surface area contributed by atoms with E-state index < -0.39 is 0 Å². The van der Waals surface area contributed by atoms with E-state index in [2.05, 4.69) is 21.2 Å². The van der Waals surface area contributed by atoms with Crippen LogP contribution in [0.1, 0.15) is 15.9 Å². The number of nitrogens with one attached hydrogen (secondary N) is 1. The minimum atomic E-state index is -0.0709. The van der Waals surface area contributed by atoms with Gasteiger partial charge in [0, 0.05) is 16.6 Å². The molecular weight excluding hydrogens is 394 g/mol. The van der Waals surface area contributed by atoms with Crippen LogP contribution >= 0.6 is 15.9 Å². The van der Waals surface area contributed by atoms with Crippen LogP contribution in [0.5, 0.6) is 11.5 Å². The van der Waals surface area contributed by atoms with E-state index in [-0.39, 0.29) is 5.91 Å². The van der Waals surface area contributed by atoms with Gasteiger partial charge in [-0.05, 0) is 41.0 Å². The van der Waals surface area contributed by atoms with Gasteiger partial charge >= 0.3 is 0 Å². The summed E-state index contributed by atoms with van der Waals surface area (Å²) in [5, 5.41) is 5.02. The predicted octanol–water partition coefficient (Wildman–Crippen LogP) is 4.59. The number of hydrogen-bond acceptors (Lipinski definition) is 3. The Morgan fingerprint density at radius 1 is 1.00 bits per heavy atom. The standard InChI is InChI=1S/C21H20BrNO3/c1-25-19-12-15(18(22)13-20(19)26-2)10-11-23-21(24)17-9-5-7-14-6-3-4-8-16(14)17/h3-9,12-13H,10-11H2,1-2H3,(H,23,24). The van der Waals surface area contributed by atoms with Crippen molar-refractivity contribution in [1.29, 1.82) is 0 Å². The van der Waals surface area contributed by atoms with Gasteiger partial charge in [0.25, 0.3) is 5.91 Å². The quantitative estimate of drug-likeness (QED) is 0.642. The summed E-state index contributed by atoms with van der Waals surface area (Å²) in [4.78, 5) is 12.6. The molecule has 4 nitrogen and oxygen atoms in total. The van der Waals surface area contributed by atoms with Crippen molar-refractivity contribution in [3.63, 3.8) is 0 Å². The first-order valence-corrected chi connectivity index (χ1v) is 9.09. The van der Waals surface area contributed by atoms with Crippen LogP contribution in [0, 0.1) is 0 Å². The third-order valence-electron chi connectivity index (χ3n) is 4.27. The Kier molecular flexibility index (Phi) is 5.78. The predicted molar refractivity (Wildman–Crippen MR) is 107 cm³/mol. The van der Waals surface area contributed by atoms with E-state index in [9.17, 15) is 4.79 Å². The molecule has 5 heteroatoms. The summed E-state index contributed by atoms with van der Waals surface area (Å²) in [6.45, 7) is 0.524. The van der Waals surface area contributed by atoms with E-state index in [1.54, 1.807) is 14.2 Å². The van der Waals surface area contributed by atoms with E-state index >= 15 is 0 Å². The average Bonchev–Trinajstić information content (AvgIpc) is 2.68. The van der Waals surface area contributed by atoms with Crippen molar-refractivity contribution < 1.29 is 14.3 Å². The van der Waals surface area contributed by atoms with Gasteiger partial charge in [-0.2, -0.15) is 0 Å². The molecule has 0 radical (unpaired) electrons. The second kappa shape index (κ2) is 8.23. The lowest BCUT2D eigenvalue weighted by Gasteiger charge is -2.12. The van der Waals surface area contributed by atoms with Crippen molar-refractivity contribution >= 4 is 32.6 Å². The van der Waals surface area contributed by atoms with Crippen LogP contribution in [-0.4, -0.2) is 26.7 Å². The van der Waals surface area contributed by atoms with E-state index in [1.165, 1.54) is 0 Å². The van der Waals surface area contributed by atoms with Gasteiger partial charge in [-0.15, -0.1) is 0 Å². The summed E-state index contributed by atoms with van der Waals surface area (Å²) in [5.41, 5.74) is 1.73. The molecule has 0 aromatic heterocycles. The van der Waals surface area contributed by atoms with Gasteiger partial charge in [0.05, 0.1) is 14.2 Å². The van der Waals surface area contributed by atoms with E-state index in [0.717, 1.165) is 20.8 Å². The average molecular weight is 414 g/mol. The number of benzene rings is 3.